The molecule has 0 spiro atoms. The van der Waals surface area contributed by atoms with Crippen LogP contribution in [0, 0.1) is 6.08 Å². The summed E-state index contributed by atoms with van der Waals surface area (Å²) in [4.78, 5) is 0. The Hall–Kier alpha value is -7.64. The quantitative estimate of drug-likeness (QED) is 0.105. The molecule has 13 aromatic rings. The van der Waals surface area contributed by atoms with Gasteiger partial charge in [0.1, 0.15) is 0 Å². The van der Waals surface area contributed by atoms with Gasteiger partial charge in [-0.15, -0.1) is 46.2 Å². The molecule has 0 heterocycles. The van der Waals surface area contributed by atoms with E-state index in [0.29, 0.717) is 0 Å². The van der Waals surface area contributed by atoms with Crippen LogP contribution in [-0.4, -0.2) is 3.21 Å². The van der Waals surface area contributed by atoms with Gasteiger partial charge in [0, 0.05) is 0 Å². The van der Waals surface area contributed by atoms with E-state index in [-0.39, 0.29) is 35.6 Å². The molecule has 0 aliphatic heterocycles. The Bertz CT molecular complexity index is 4270. The van der Waals surface area contributed by atoms with E-state index >= 15 is 0 Å². The number of hydrogen-bond donors (Lipinski definition) is 0. The molecule has 1 aliphatic carbocycles. The van der Waals surface area contributed by atoms with Crippen molar-refractivity contribution in [2.75, 3.05) is 0 Å². The summed E-state index contributed by atoms with van der Waals surface area (Å²) in [5, 5.41) is 15.5. The van der Waals surface area contributed by atoms with Gasteiger partial charge >= 0.3 is 112 Å². The van der Waals surface area contributed by atoms with Gasteiger partial charge in [-0.25, -0.2) is 12.2 Å². The maximum absolute atomic E-state index is 2.99. The van der Waals surface area contributed by atoms with Gasteiger partial charge in [-0.1, -0.05) is 199 Å². The first kappa shape index (κ1) is 59.5. The van der Waals surface area contributed by atoms with Gasteiger partial charge in [-0.05, 0) is 122 Å². The molecule has 14 rings (SSSR count). The maximum atomic E-state index is 2.99. The van der Waals surface area contributed by atoms with Gasteiger partial charge in [-0.3, -0.25) is 6.08 Å². The number of hydrogen-bond acceptors (Lipinski definition) is 0. The third-order valence-corrected chi connectivity index (χ3v) is 17.1. The predicted molar refractivity (Wildman–Crippen MR) is 353 cm³/mol. The predicted octanol–water partition coefficient (Wildman–Crippen LogP) is 16.1. The molecule has 0 saturated heterocycles. The van der Waals surface area contributed by atoms with Crippen LogP contribution in [0.3, 0.4) is 0 Å². The molecule has 0 atom stereocenters. The summed E-state index contributed by atoms with van der Waals surface area (Å²) >= 11 is 1.55. The summed E-state index contributed by atoms with van der Waals surface area (Å²) in [6.45, 7) is 14.2. The molecule has 84 heavy (non-hydrogen) atoms. The number of halogens is 2. The zero-order chi connectivity index (χ0) is 56.4. The van der Waals surface area contributed by atoms with E-state index in [2.05, 4.69) is 302 Å². The Kier molecular flexibility index (Phi) is 18.2. The molecular weight excluding hydrogens is 1140 g/mol. The first-order valence-electron chi connectivity index (χ1n) is 28.9. The Morgan fingerprint density at radius 2 is 0.762 bits per heavy atom. The fourth-order valence-corrected chi connectivity index (χ4v) is 13.2. The zero-order valence-electron chi connectivity index (χ0n) is 48.8. The van der Waals surface area contributed by atoms with Crippen LogP contribution in [0.15, 0.2) is 267 Å². The zero-order valence-corrected chi connectivity index (χ0v) is 52.8. The van der Waals surface area contributed by atoms with E-state index in [1.807, 2.05) is 12.2 Å². The monoisotopic (exact) mass is 1200 g/mol. The molecule has 0 nitrogen and oxygen atoms in total. The van der Waals surface area contributed by atoms with Gasteiger partial charge in [0.25, 0.3) is 0 Å². The summed E-state index contributed by atoms with van der Waals surface area (Å²) < 4.78 is 1.60. The van der Waals surface area contributed by atoms with Crippen LogP contribution in [0.1, 0.15) is 70.2 Å². The Morgan fingerprint density at radius 3 is 1.15 bits per heavy atom. The second kappa shape index (κ2) is 25.7. The second-order valence-electron chi connectivity index (χ2n) is 24.1. The van der Waals surface area contributed by atoms with Gasteiger partial charge in [-0.2, -0.15) is 6.08 Å². The third kappa shape index (κ3) is 12.7. The van der Waals surface area contributed by atoms with Crippen molar-refractivity contribution in [2.24, 2.45) is 0 Å². The van der Waals surface area contributed by atoms with Crippen LogP contribution < -0.4 is 24.8 Å². The summed E-state index contributed by atoms with van der Waals surface area (Å²) in [5.41, 5.74) is 15.5. The Morgan fingerprint density at radius 1 is 0.381 bits per heavy atom. The molecule has 0 bridgehead atoms. The minimum atomic E-state index is -0.0829. The van der Waals surface area contributed by atoms with Gasteiger partial charge in [0.15, 0.2) is 0 Å². The number of fused-ring (bicyclic) bond motifs is 9. The molecule has 1 aliphatic rings. The standard InChI is InChI=1S/C61H49.C15H14.C5H5.2ClH.Zr/c1-60(2,3)58-36-54-44(34-56(58)52-21-13-11-19-48(52)42-27-29-50-40(31-42)25-23-38-15-7-9-17-46(38)50)33-45-35-57(59(37-55(45)54)61(4,5)6)53-22-14-12-20-49(53)43-28-30-51-41(32-43)26-24-39-16-8-10-18-47(39)51;1-3-8-14(9-4-1)12-7-13-15-10-5-2-6-11-15;1-2-4-5-3-1;;;/h7-37H,1-6H3;1-6,8-11H,12-13H2;1-3H,4H2;2*1H;/q-1;;-1;;;+2/p-2. The average molecular weight is 1200 g/mol. The second-order valence-corrected chi connectivity index (χ2v) is 25.8. The molecular formula is C81H68Cl2Zr-2. The topological polar surface area (TPSA) is 0 Å². The van der Waals surface area contributed by atoms with E-state index in [1.54, 1.807) is 27.4 Å². The van der Waals surface area contributed by atoms with Crippen molar-refractivity contribution in [1.29, 1.82) is 0 Å². The van der Waals surface area contributed by atoms with Crippen molar-refractivity contribution >= 4 is 67.8 Å². The molecule has 0 fully saturated rings. The van der Waals surface area contributed by atoms with E-state index in [4.69, 9.17) is 0 Å². The molecule has 0 amide bonds. The minimum absolute atomic E-state index is 0. The molecule has 0 N–H and O–H groups in total. The molecule has 0 aromatic heterocycles. The van der Waals surface area contributed by atoms with Crippen LogP contribution >= 0.6 is 0 Å². The van der Waals surface area contributed by atoms with E-state index in [0.717, 1.165) is 19.3 Å². The summed E-state index contributed by atoms with van der Waals surface area (Å²) in [5.74, 6) is 0. The SMILES string of the molecule is CC(C)(C)c1cc2c(cc1-c1ccccc1-c1ccc3c(ccc4ccccc43)c1)[cH-]c1cc(-c3ccccc3-c3ccc4c(ccc5ccccc54)c3)c(C(C)(C)C)cc12.[C-]1=CC=CC1.[Cl-].[Cl-].[Zr+2]=[C](Cc1ccccc1)Cc1ccccc1. The number of rotatable bonds is 8. The van der Waals surface area contributed by atoms with Crippen LogP contribution in [0.4, 0.5) is 0 Å². The summed E-state index contributed by atoms with van der Waals surface area (Å²) in [6, 6.07) is 92.2. The van der Waals surface area contributed by atoms with Crippen molar-refractivity contribution in [2.45, 2.75) is 71.6 Å². The molecule has 0 unspecified atom stereocenters. The van der Waals surface area contributed by atoms with E-state index < -0.39 is 0 Å². The van der Waals surface area contributed by atoms with Crippen LogP contribution in [0.2, 0.25) is 0 Å². The van der Waals surface area contributed by atoms with Crippen molar-refractivity contribution in [3.8, 4) is 44.5 Å². The summed E-state index contributed by atoms with van der Waals surface area (Å²) in [7, 11) is 0. The average Bonchev–Trinajstić information content (AvgIpc) is 1.70. The van der Waals surface area contributed by atoms with Crippen LogP contribution in [-0.2, 0) is 47.9 Å². The van der Waals surface area contributed by atoms with Gasteiger partial charge in [0.2, 0.25) is 0 Å². The molecule has 3 heteroatoms. The third-order valence-electron chi connectivity index (χ3n) is 16.2. The Labute approximate surface area is 524 Å². The first-order chi connectivity index (χ1) is 39.8. The van der Waals surface area contributed by atoms with Gasteiger partial charge < -0.3 is 24.8 Å². The van der Waals surface area contributed by atoms with Crippen molar-refractivity contribution in [1.82, 2.24) is 0 Å². The van der Waals surface area contributed by atoms with Crippen LogP contribution in [0.25, 0.3) is 109 Å². The van der Waals surface area contributed by atoms with E-state index in [9.17, 15) is 0 Å². The first-order valence-corrected chi connectivity index (χ1v) is 30.2. The van der Waals surface area contributed by atoms with Crippen molar-refractivity contribution in [3.05, 3.63) is 295 Å². The fourth-order valence-electron chi connectivity index (χ4n) is 12.2. The van der Waals surface area contributed by atoms with Crippen LogP contribution in [0.5, 0.6) is 0 Å². The molecule has 412 valence electrons. The van der Waals surface area contributed by atoms with Crippen molar-refractivity contribution in [3.63, 3.8) is 0 Å². The van der Waals surface area contributed by atoms with Gasteiger partial charge in [0.05, 0.1) is 0 Å². The Balaban J connectivity index is 0.000000287. The van der Waals surface area contributed by atoms with Crippen molar-refractivity contribution < 1.29 is 49.0 Å². The summed E-state index contributed by atoms with van der Waals surface area (Å²) in [6.07, 6.45) is 12.2. The fraction of sp³-hybridized carbons (Fsp3) is 0.136. The number of benzene rings is 12. The molecule has 0 radical (unpaired) electrons. The van der Waals surface area contributed by atoms with E-state index in [1.165, 1.54) is 131 Å². The molecule has 13 aromatic carbocycles. The molecule has 0 saturated carbocycles. The number of allylic oxidation sites excluding steroid dienone is 4. The normalized spacial score (nSPS) is 12.0.